The van der Waals surface area contributed by atoms with Gasteiger partial charge in [-0.2, -0.15) is 0 Å². The van der Waals surface area contributed by atoms with Crippen molar-refractivity contribution in [2.45, 2.75) is 6.92 Å². The van der Waals surface area contributed by atoms with Crippen LogP contribution in [0.1, 0.15) is 17.3 Å². The minimum Gasteiger partial charge on any atom is -0.395 e. The van der Waals surface area contributed by atoms with Crippen molar-refractivity contribution in [3.8, 4) is 0 Å². The minimum atomic E-state index is -0.507. The molecule has 0 aromatic heterocycles. The summed E-state index contributed by atoms with van der Waals surface area (Å²) < 4.78 is 12.9. The Hall–Kier alpha value is -1.95. The van der Waals surface area contributed by atoms with Crippen LogP contribution in [0, 0.1) is 5.82 Å². The molecule has 0 fully saturated rings. The summed E-state index contributed by atoms with van der Waals surface area (Å²) >= 11 is 0. The summed E-state index contributed by atoms with van der Waals surface area (Å²) in [4.78, 5) is 24.8. The van der Waals surface area contributed by atoms with E-state index in [4.69, 9.17) is 5.11 Å². The molecule has 0 saturated heterocycles. The Bertz CT molecular complexity index is 451. The Labute approximate surface area is 111 Å². The zero-order valence-corrected chi connectivity index (χ0v) is 10.7. The quantitative estimate of drug-likeness (QED) is 0.784. The van der Waals surface area contributed by atoms with E-state index in [2.05, 4.69) is 5.32 Å². The monoisotopic (exact) mass is 268 g/mol. The second-order valence-corrected chi connectivity index (χ2v) is 3.89. The van der Waals surface area contributed by atoms with Crippen LogP contribution in [0.3, 0.4) is 0 Å². The number of carbonyl (C=O) groups is 2. The number of benzene rings is 1. The first-order valence-corrected chi connectivity index (χ1v) is 6.01. The molecule has 0 spiro atoms. The van der Waals surface area contributed by atoms with E-state index in [-0.39, 0.29) is 31.2 Å². The maximum atomic E-state index is 12.9. The molecule has 6 heteroatoms. The standard InChI is InChI=1S/C13H17FN2O3/c1-2-16(6-7-17)12(18)9-15-13(19)10-4-3-5-11(14)8-10/h3-5,8,17H,2,6-7,9H2,1H3,(H,15,19). The van der Waals surface area contributed by atoms with Crippen molar-refractivity contribution in [1.82, 2.24) is 10.2 Å². The van der Waals surface area contributed by atoms with E-state index >= 15 is 0 Å². The van der Waals surface area contributed by atoms with Gasteiger partial charge in [-0.05, 0) is 25.1 Å². The lowest BCUT2D eigenvalue weighted by atomic mass is 10.2. The number of amides is 2. The van der Waals surface area contributed by atoms with Gasteiger partial charge in [0.2, 0.25) is 5.91 Å². The lowest BCUT2D eigenvalue weighted by molar-refractivity contribution is -0.130. The summed E-state index contributed by atoms with van der Waals surface area (Å²) in [5.41, 5.74) is 0.165. The summed E-state index contributed by atoms with van der Waals surface area (Å²) in [6.07, 6.45) is 0. The molecule has 2 amide bonds. The van der Waals surface area contributed by atoms with Crippen molar-refractivity contribution in [1.29, 1.82) is 0 Å². The molecular formula is C13H17FN2O3. The summed E-state index contributed by atoms with van der Waals surface area (Å²) in [7, 11) is 0. The lowest BCUT2D eigenvalue weighted by Crippen LogP contribution is -2.41. The normalized spacial score (nSPS) is 10.1. The maximum absolute atomic E-state index is 12.9. The third-order valence-electron chi connectivity index (χ3n) is 2.59. The van der Waals surface area contributed by atoms with Gasteiger partial charge in [-0.15, -0.1) is 0 Å². The van der Waals surface area contributed by atoms with Crippen LogP contribution in [0.2, 0.25) is 0 Å². The Balaban J connectivity index is 2.52. The number of carbonyl (C=O) groups excluding carboxylic acids is 2. The van der Waals surface area contributed by atoms with Crippen LogP contribution in [-0.4, -0.2) is 48.1 Å². The van der Waals surface area contributed by atoms with Gasteiger partial charge in [0.15, 0.2) is 0 Å². The number of hydrogen-bond donors (Lipinski definition) is 2. The van der Waals surface area contributed by atoms with Crippen LogP contribution in [0.4, 0.5) is 4.39 Å². The highest BCUT2D eigenvalue weighted by Gasteiger charge is 2.13. The van der Waals surface area contributed by atoms with Crippen LogP contribution < -0.4 is 5.32 Å². The number of nitrogens with zero attached hydrogens (tertiary/aromatic N) is 1. The molecule has 0 saturated carbocycles. The average Bonchev–Trinajstić information content (AvgIpc) is 2.41. The molecular weight excluding hydrogens is 251 g/mol. The van der Waals surface area contributed by atoms with Crippen LogP contribution in [0.25, 0.3) is 0 Å². The molecule has 0 heterocycles. The third kappa shape index (κ3) is 4.67. The molecule has 1 aromatic rings. The van der Waals surface area contributed by atoms with Crippen molar-refractivity contribution in [3.05, 3.63) is 35.6 Å². The van der Waals surface area contributed by atoms with E-state index in [9.17, 15) is 14.0 Å². The number of rotatable bonds is 6. The highest BCUT2D eigenvalue weighted by atomic mass is 19.1. The molecule has 0 aliphatic rings. The molecule has 0 radical (unpaired) electrons. The minimum absolute atomic E-state index is 0.128. The summed E-state index contributed by atoms with van der Waals surface area (Å²) in [6.45, 7) is 2.16. The Kier molecular flexibility index (Phi) is 5.95. The van der Waals surface area contributed by atoms with E-state index in [1.54, 1.807) is 6.92 Å². The predicted octanol–water partition coefficient (Wildman–Crippen LogP) is 0.396. The predicted molar refractivity (Wildman–Crippen MR) is 68.1 cm³/mol. The number of aliphatic hydroxyl groups is 1. The first-order chi connectivity index (χ1) is 9.08. The summed E-state index contributed by atoms with van der Waals surface area (Å²) in [5.74, 6) is -1.30. The van der Waals surface area contributed by atoms with E-state index in [1.165, 1.54) is 23.1 Å². The van der Waals surface area contributed by atoms with Gasteiger partial charge in [0.05, 0.1) is 13.2 Å². The highest BCUT2D eigenvalue weighted by Crippen LogP contribution is 2.03. The van der Waals surface area contributed by atoms with Crippen molar-refractivity contribution >= 4 is 11.8 Å². The fourth-order valence-electron chi connectivity index (χ4n) is 1.58. The van der Waals surface area contributed by atoms with Crippen molar-refractivity contribution in [2.75, 3.05) is 26.2 Å². The third-order valence-corrected chi connectivity index (χ3v) is 2.59. The number of hydrogen-bond acceptors (Lipinski definition) is 3. The van der Waals surface area contributed by atoms with Gasteiger partial charge in [-0.25, -0.2) is 4.39 Å². The van der Waals surface area contributed by atoms with Crippen LogP contribution in [0.15, 0.2) is 24.3 Å². The molecule has 0 aliphatic heterocycles. The Morgan fingerprint density at radius 2 is 2.16 bits per heavy atom. The zero-order chi connectivity index (χ0) is 14.3. The molecule has 2 N–H and O–H groups in total. The van der Waals surface area contributed by atoms with Gasteiger partial charge in [-0.1, -0.05) is 6.07 Å². The van der Waals surface area contributed by atoms with Gasteiger partial charge in [0.25, 0.3) is 5.91 Å². The molecule has 0 aliphatic carbocycles. The number of nitrogens with one attached hydrogen (secondary N) is 1. The summed E-state index contributed by atoms with van der Waals surface area (Å²) in [6, 6.07) is 5.23. The Morgan fingerprint density at radius 3 is 2.74 bits per heavy atom. The number of likely N-dealkylation sites (N-methyl/N-ethyl adjacent to an activating group) is 1. The fraction of sp³-hybridized carbons (Fsp3) is 0.385. The molecule has 5 nitrogen and oxygen atoms in total. The Morgan fingerprint density at radius 1 is 1.42 bits per heavy atom. The lowest BCUT2D eigenvalue weighted by Gasteiger charge is -2.19. The van der Waals surface area contributed by atoms with Crippen LogP contribution >= 0.6 is 0 Å². The molecule has 19 heavy (non-hydrogen) atoms. The van der Waals surface area contributed by atoms with Crippen LogP contribution in [-0.2, 0) is 4.79 Å². The van der Waals surface area contributed by atoms with Crippen molar-refractivity contribution < 1.29 is 19.1 Å². The number of halogens is 1. The van der Waals surface area contributed by atoms with Gasteiger partial charge in [0.1, 0.15) is 5.82 Å². The van der Waals surface area contributed by atoms with Gasteiger partial charge >= 0.3 is 0 Å². The average molecular weight is 268 g/mol. The van der Waals surface area contributed by atoms with E-state index in [0.29, 0.717) is 6.54 Å². The highest BCUT2D eigenvalue weighted by molar-refractivity contribution is 5.96. The molecule has 1 aromatic carbocycles. The fourth-order valence-corrected chi connectivity index (χ4v) is 1.58. The first kappa shape index (κ1) is 15.1. The number of aliphatic hydroxyl groups excluding tert-OH is 1. The molecule has 0 atom stereocenters. The molecule has 0 bridgehead atoms. The zero-order valence-electron chi connectivity index (χ0n) is 10.7. The van der Waals surface area contributed by atoms with Crippen molar-refractivity contribution in [2.24, 2.45) is 0 Å². The van der Waals surface area contributed by atoms with Gasteiger partial charge in [0, 0.05) is 18.7 Å². The second kappa shape index (κ2) is 7.48. The van der Waals surface area contributed by atoms with E-state index in [1.807, 2.05) is 0 Å². The molecule has 104 valence electrons. The van der Waals surface area contributed by atoms with Crippen molar-refractivity contribution in [3.63, 3.8) is 0 Å². The van der Waals surface area contributed by atoms with E-state index in [0.717, 1.165) is 6.07 Å². The summed E-state index contributed by atoms with van der Waals surface area (Å²) in [5, 5.41) is 11.2. The molecule has 0 unspecified atom stereocenters. The van der Waals surface area contributed by atoms with Gasteiger partial charge in [-0.3, -0.25) is 9.59 Å². The van der Waals surface area contributed by atoms with Gasteiger partial charge < -0.3 is 15.3 Å². The maximum Gasteiger partial charge on any atom is 0.251 e. The largest absolute Gasteiger partial charge is 0.395 e. The topological polar surface area (TPSA) is 69.6 Å². The SMILES string of the molecule is CCN(CCO)C(=O)CNC(=O)c1cccc(F)c1. The smallest absolute Gasteiger partial charge is 0.251 e. The first-order valence-electron chi connectivity index (χ1n) is 6.01. The van der Waals surface area contributed by atoms with E-state index < -0.39 is 11.7 Å². The second-order valence-electron chi connectivity index (χ2n) is 3.89. The molecule has 1 rings (SSSR count). The van der Waals surface area contributed by atoms with Crippen LogP contribution in [0.5, 0.6) is 0 Å².